The Kier molecular flexibility index (Phi) is 5.03. The van der Waals surface area contributed by atoms with Gasteiger partial charge in [0, 0.05) is 11.3 Å². The lowest BCUT2D eigenvalue weighted by molar-refractivity contribution is 0.1000. The van der Waals surface area contributed by atoms with E-state index in [-0.39, 0.29) is 5.75 Å². The third-order valence-electron chi connectivity index (χ3n) is 2.91. The van der Waals surface area contributed by atoms with E-state index in [0.29, 0.717) is 17.0 Å². The fourth-order valence-corrected chi connectivity index (χ4v) is 1.83. The average molecular weight is 315 g/mol. The van der Waals surface area contributed by atoms with Crippen molar-refractivity contribution < 1.29 is 19.4 Å². The van der Waals surface area contributed by atoms with E-state index in [9.17, 15) is 14.7 Å². The van der Waals surface area contributed by atoms with Crippen LogP contribution in [0.3, 0.4) is 0 Å². The predicted octanol–water partition coefficient (Wildman–Crippen LogP) is 2.04. The molecule has 7 nitrogen and oxygen atoms in total. The molecule has 0 aliphatic heterocycles. The fourth-order valence-electron chi connectivity index (χ4n) is 1.83. The van der Waals surface area contributed by atoms with Crippen LogP contribution in [0.5, 0.6) is 11.5 Å². The number of urea groups is 1. The lowest BCUT2D eigenvalue weighted by Gasteiger charge is -2.16. The van der Waals surface area contributed by atoms with Gasteiger partial charge in [0.2, 0.25) is 5.91 Å². The molecule has 0 radical (unpaired) electrons. The maximum atomic E-state index is 11.9. The van der Waals surface area contributed by atoms with Gasteiger partial charge in [-0.15, -0.1) is 0 Å². The molecule has 3 amide bonds. The Labute approximate surface area is 133 Å². The molecule has 2 rings (SSSR count). The van der Waals surface area contributed by atoms with Gasteiger partial charge in [-0.05, 0) is 55.5 Å². The van der Waals surface area contributed by atoms with Crippen molar-refractivity contribution in [1.29, 1.82) is 0 Å². The molecule has 120 valence electrons. The molecule has 0 spiro atoms. The smallest absolute Gasteiger partial charge is 0.322 e. The molecule has 2 aromatic rings. The van der Waals surface area contributed by atoms with Crippen LogP contribution in [-0.2, 0) is 0 Å². The van der Waals surface area contributed by atoms with Gasteiger partial charge in [-0.25, -0.2) is 4.79 Å². The van der Waals surface area contributed by atoms with Gasteiger partial charge in [0.1, 0.15) is 11.5 Å². The molecule has 0 saturated heterocycles. The Bertz CT molecular complexity index is 683. The molecule has 0 aromatic heterocycles. The summed E-state index contributed by atoms with van der Waals surface area (Å²) in [4.78, 5) is 22.8. The number of ether oxygens (including phenoxy) is 1. The van der Waals surface area contributed by atoms with Crippen LogP contribution in [0.4, 0.5) is 10.5 Å². The van der Waals surface area contributed by atoms with Gasteiger partial charge in [-0.3, -0.25) is 4.79 Å². The van der Waals surface area contributed by atoms with E-state index in [4.69, 9.17) is 10.5 Å². The third-order valence-corrected chi connectivity index (χ3v) is 2.91. The van der Waals surface area contributed by atoms with Crippen LogP contribution in [0.2, 0.25) is 0 Å². The van der Waals surface area contributed by atoms with Crippen LogP contribution >= 0.6 is 0 Å². The van der Waals surface area contributed by atoms with Crippen LogP contribution in [0.15, 0.2) is 48.5 Å². The summed E-state index contributed by atoms with van der Waals surface area (Å²) in [6, 6.07) is 11.9. The van der Waals surface area contributed by atoms with Gasteiger partial charge in [0.25, 0.3) is 0 Å². The zero-order chi connectivity index (χ0) is 16.8. The molecule has 1 unspecified atom stereocenters. The molecular weight excluding hydrogens is 298 g/mol. The number of rotatable bonds is 5. The maximum Gasteiger partial charge on any atom is 0.322 e. The summed E-state index contributed by atoms with van der Waals surface area (Å²) in [7, 11) is 0. The molecular formula is C16H17N3O4. The fraction of sp³-hybridized carbons (Fsp3) is 0.125. The lowest BCUT2D eigenvalue weighted by Crippen LogP contribution is -2.39. The minimum atomic E-state index is -0.579. The van der Waals surface area contributed by atoms with E-state index in [0.717, 1.165) is 0 Å². The standard InChI is InChI=1S/C16H17N3O4/c1-10(23-14-8-6-13(20)7-9-14)18-16(22)19-12-4-2-11(3-5-12)15(17)21/h2-10,20H,1H3,(H2,17,21)(H2,18,19,22). The normalized spacial score (nSPS) is 11.3. The lowest BCUT2D eigenvalue weighted by atomic mass is 10.2. The summed E-state index contributed by atoms with van der Waals surface area (Å²) in [5.41, 5.74) is 6.02. The van der Waals surface area contributed by atoms with Crippen molar-refractivity contribution in [2.75, 3.05) is 5.32 Å². The minimum absolute atomic E-state index is 0.134. The number of phenols is 1. The summed E-state index contributed by atoms with van der Waals surface area (Å²) in [6.45, 7) is 1.67. The highest BCUT2D eigenvalue weighted by Gasteiger charge is 2.09. The predicted molar refractivity (Wildman–Crippen MR) is 85.3 cm³/mol. The first-order valence-corrected chi connectivity index (χ1v) is 6.87. The molecule has 7 heteroatoms. The number of phenolic OH excluding ortho intramolecular Hbond substituents is 1. The second-order valence-electron chi connectivity index (χ2n) is 4.79. The number of aromatic hydroxyl groups is 1. The van der Waals surface area contributed by atoms with Crippen molar-refractivity contribution in [2.24, 2.45) is 5.73 Å². The van der Waals surface area contributed by atoms with Crippen LogP contribution in [0.1, 0.15) is 17.3 Å². The van der Waals surface area contributed by atoms with E-state index in [2.05, 4.69) is 10.6 Å². The largest absolute Gasteiger partial charge is 0.508 e. The first-order chi connectivity index (χ1) is 10.9. The molecule has 0 bridgehead atoms. The number of hydrogen-bond donors (Lipinski definition) is 4. The zero-order valence-electron chi connectivity index (χ0n) is 12.4. The average Bonchev–Trinajstić information content (AvgIpc) is 2.50. The molecule has 0 heterocycles. The molecule has 0 saturated carbocycles. The first kappa shape index (κ1) is 16.2. The summed E-state index contributed by atoms with van der Waals surface area (Å²) >= 11 is 0. The number of nitrogens with two attached hydrogens (primary N) is 1. The quantitative estimate of drug-likeness (QED) is 0.632. The number of primary amides is 1. The van der Waals surface area contributed by atoms with E-state index >= 15 is 0 Å². The first-order valence-electron chi connectivity index (χ1n) is 6.87. The third kappa shape index (κ3) is 4.92. The second-order valence-corrected chi connectivity index (χ2v) is 4.79. The highest BCUT2D eigenvalue weighted by molar-refractivity contribution is 5.94. The number of nitrogens with one attached hydrogen (secondary N) is 2. The van der Waals surface area contributed by atoms with E-state index in [1.165, 1.54) is 24.3 Å². The van der Waals surface area contributed by atoms with Gasteiger partial charge < -0.3 is 26.2 Å². The number of carbonyl (C=O) groups excluding carboxylic acids is 2. The van der Waals surface area contributed by atoms with Crippen molar-refractivity contribution in [3.8, 4) is 11.5 Å². The van der Waals surface area contributed by atoms with Crippen molar-refractivity contribution in [3.05, 3.63) is 54.1 Å². The van der Waals surface area contributed by atoms with Crippen molar-refractivity contribution in [3.63, 3.8) is 0 Å². The molecule has 0 aliphatic carbocycles. The number of anilines is 1. The number of amides is 3. The van der Waals surface area contributed by atoms with Gasteiger partial charge in [-0.1, -0.05) is 0 Å². The summed E-state index contributed by atoms with van der Waals surface area (Å²) in [6.07, 6.45) is -0.579. The van der Waals surface area contributed by atoms with E-state index < -0.39 is 18.2 Å². The highest BCUT2D eigenvalue weighted by Crippen LogP contribution is 2.16. The van der Waals surface area contributed by atoms with Crippen LogP contribution < -0.4 is 21.1 Å². The summed E-state index contributed by atoms with van der Waals surface area (Å²) in [5, 5.41) is 14.4. The van der Waals surface area contributed by atoms with Crippen molar-refractivity contribution in [2.45, 2.75) is 13.2 Å². The van der Waals surface area contributed by atoms with Crippen LogP contribution in [0.25, 0.3) is 0 Å². The van der Waals surface area contributed by atoms with Gasteiger partial charge in [-0.2, -0.15) is 0 Å². The summed E-state index contributed by atoms with van der Waals surface area (Å²) in [5.74, 6) is 0.119. The Hall–Kier alpha value is -3.22. The number of carbonyl (C=O) groups is 2. The topological polar surface area (TPSA) is 114 Å². The van der Waals surface area contributed by atoms with E-state index in [1.807, 2.05) is 0 Å². The van der Waals surface area contributed by atoms with Crippen molar-refractivity contribution in [1.82, 2.24) is 5.32 Å². The van der Waals surface area contributed by atoms with Gasteiger partial charge in [0.05, 0.1) is 0 Å². The Morgan fingerprint density at radius 2 is 1.70 bits per heavy atom. The molecule has 23 heavy (non-hydrogen) atoms. The molecule has 0 aliphatic rings. The number of benzene rings is 2. The number of hydrogen-bond acceptors (Lipinski definition) is 4. The van der Waals surface area contributed by atoms with Crippen molar-refractivity contribution >= 4 is 17.6 Å². The summed E-state index contributed by atoms with van der Waals surface area (Å²) < 4.78 is 5.48. The minimum Gasteiger partial charge on any atom is -0.508 e. The maximum absolute atomic E-state index is 11.9. The molecule has 5 N–H and O–H groups in total. The highest BCUT2D eigenvalue weighted by atomic mass is 16.5. The molecule has 2 aromatic carbocycles. The van der Waals surface area contributed by atoms with E-state index in [1.54, 1.807) is 31.2 Å². The Morgan fingerprint density at radius 1 is 1.09 bits per heavy atom. The monoisotopic (exact) mass is 315 g/mol. The van der Waals surface area contributed by atoms with Gasteiger partial charge >= 0.3 is 6.03 Å². The van der Waals surface area contributed by atoms with Crippen LogP contribution in [-0.4, -0.2) is 23.3 Å². The van der Waals surface area contributed by atoms with Crippen LogP contribution in [0, 0.1) is 0 Å². The second kappa shape index (κ2) is 7.17. The molecule has 1 atom stereocenters. The zero-order valence-corrected chi connectivity index (χ0v) is 12.4. The molecule has 0 fully saturated rings. The Balaban J connectivity index is 1.86. The SMILES string of the molecule is CC(NC(=O)Nc1ccc(C(N)=O)cc1)Oc1ccc(O)cc1. The van der Waals surface area contributed by atoms with Gasteiger partial charge in [0.15, 0.2) is 6.23 Å². The Morgan fingerprint density at radius 3 is 2.26 bits per heavy atom.